The number of carbonyl (C=O) groups excluding carboxylic acids is 1. The average Bonchev–Trinajstić information content (AvgIpc) is 2.79. The monoisotopic (exact) mass is 496 g/mol. The summed E-state index contributed by atoms with van der Waals surface area (Å²) in [5.41, 5.74) is 0.935. The van der Waals surface area contributed by atoms with E-state index in [1.165, 1.54) is 14.2 Å². The van der Waals surface area contributed by atoms with E-state index in [4.69, 9.17) is 32.8 Å². The van der Waals surface area contributed by atoms with E-state index in [-0.39, 0.29) is 24.0 Å². The molecule has 2 aliphatic heterocycles. The van der Waals surface area contributed by atoms with Gasteiger partial charge in [0.15, 0.2) is 14.4 Å². The molecule has 2 aliphatic rings. The van der Waals surface area contributed by atoms with Gasteiger partial charge in [0.1, 0.15) is 12.2 Å². The van der Waals surface area contributed by atoms with Gasteiger partial charge in [0.05, 0.1) is 13.2 Å². The van der Waals surface area contributed by atoms with Gasteiger partial charge in [-0.15, -0.1) is 0 Å². The number of carbonyl (C=O) groups is 1. The predicted octanol–water partition coefficient (Wildman–Crippen LogP) is 4.03. The Balaban J connectivity index is 1.86. The van der Waals surface area contributed by atoms with Crippen LogP contribution >= 0.6 is 0 Å². The van der Waals surface area contributed by atoms with Gasteiger partial charge in [-0.1, -0.05) is 51.1 Å². The number of ketones is 1. The number of hydrogen-bond acceptors (Lipinski definition) is 8. The maximum atomic E-state index is 13.4. The molecule has 2 saturated heterocycles. The van der Waals surface area contributed by atoms with Gasteiger partial charge in [0, 0.05) is 14.2 Å². The summed E-state index contributed by atoms with van der Waals surface area (Å²) in [5, 5.41) is 0.0136. The van der Waals surface area contributed by atoms with Crippen LogP contribution in [-0.2, 0) is 44.2 Å². The lowest BCUT2D eigenvalue weighted by Gasteiger charge is -2.55. The van der Waals surface area contributed by atoms with Gasteiger partial charge in [0.25, 0.3) is 0 Å². The molecule has 1 aromatic rings. The summed E-state index contributed by atoms with van der Waals surface area (Å²) in [4.78, 5) is 13.4. The second-order valence-corrected chi connectivity index (χ2v) is 15.5. The zero-order valence-electron chi connectivity index (χ0n) is 21.9. The highest BCUT2D eigenvalue weighted by molar-refractivity contribution is 6.74. The van der Waals surface area contributed by atoms with Gasteiger partial charge in [-0.05, 0) is 37.5 Å². The second kappa shape index (κ2) is 10.1. The van der Waals surface area contributed by atoms with Crippen LogP contribution < -0.4 is 0 Å². The van der Waals surface area contributed by atoms with Crippen molar-refractivity contribution in [1.82, 2.24) is 0 Å². The highest BCUT2D eigenvalue weighted by atomic mass is 28.4. The van der Waals surface area contributed by atoms with Gasteiger partial charge in [-0.25, -0.2) is 0 Å². The van der Waals surface area contributed by atoms with E-state index in [0.717, 1.165) is 5.56 Å². The van der Waals surface area contributed by atoms with Crippen LogP contribution in [0.15, 0.2) is 30.3 Å². The Morgan fingerprint density at radius 1 is 1.00 bits per heavy atom. The van der Waals surface area contributed by atoms with Crippen molar-refractivity contribution in [2.75, 3.05) is 20.8 Å². The minimum absolute atomic E-state index is 0.0136. The minimum atomic E-state index is -2.09. The lowest BCUT2D eigenvalue weighted by Crippen LogP contribution is -2.72. The first-order chi connectivity index (χ1) is 15.8. The molecular formula is C25H40O8Si. The van der Waals surface area contributed by atoms with E-state index in [2.05, 4.69) is 33.9 Å². The van der Waals surface area contributed by atoms with Crippen molar-refractivity contribution in [2.45, 2.75) is 95.5 Å². The quantitative estimate of drug-likeness (QED) is 0.499. The summed E-state index contributed by atoms with van der Waals surface area (Å²) in [6.45, 7) is 14.7. The molecule has 0 radical (unpaired) electrons. The first kappa shape index (κ1) is 27.4. The molecule has 2 heterocycles. The highest BCUT2D eigenvalue weighted by Gasteiger charge is 2.62. The molecule has 0 bridgehead atoms. The average molecular weight is 497 g/mol. The van der Waals surface area contributed by atoms with E-state index < -0.39 is 44.5 Å². The van der Waals surface area contributed by atoms with Crippen LogP contribution in [0.5, 0.6) is 0 Å². The molecule has 0 spiro atoms. The van der Waals surface area contributed by atoms with Crippen LogP contribution in [-0.4, -0.2) is 71.1 Å². The molecule has 2 fully saturated rings. The standard InChI is InChI=1S/C25H40O8Si/c1-23(2,3)34(8,9)30-16-18-20-21(33-25(5,28-7)24(4,27-6)32-20)19(26)22(31-18)29-15-17-13-11-10-12-14-17/h10-14,18,20-22H,15-16H2,1-9H3/t18-,20-,21-,22?,24+,25+/m1/s1. The molecule has 0 N–H and O–H groups in total. The molecule has 1 unspecified atom stereocenters. The highest BCUT2D eigenvalue weighted by Crippen LogP contribution is 2.43. The summed E-state index contributed by atoms with van der Waals surface area (Å²) in [7, 11) is 0.913. The molecule has 192 valence electrons. The number of rotatable bonds is 8. The third kappa shape index (κ3) is 5.32. The topological polar surface area (TPSA) is 81.7 Å². The Morgan fingerprint density at radius 2 is 1.59 bits per heavy atom. The smallest absolute Gasteiger partial charge is 0.221 e. The molecule has 9 heteroatoms. The fourth-order valence-corrected chi connectivity index (χ4v) is 4.76. The summed E-state index contributed by atoms with van der Waals surface area (Å²) in [5.74, 6) is -2.93. The molecule has 1 aromatic carbocycles. The Kier molecular flexibility index (Phi) is 8.11. The van der Waals surface area contributed by atoms with Crippen molar-refractivity contribution < 1.29 is 37.6 Å². The number of benzene rings is 1. The molecule has 34 heavy (non-hydrogen) atoms. The van der Waals surface area contributed by atoms with Crippen LogP contribution in [0.2, 0.25) is 18.1 Å². The Hall–Kier alpha value is -1.17. The molecule has 0 aliphatic carbocycles. The molecule has 6 atom stereocenters. The van der Waals surface area contributed by atoms with Gasteiger partial charge in [0.2, 0.25) is 23.6 Å². The lowest BCUT2D eigenvalue weighted by molar-refractivity contribution is -0.457. The van der Waals surface area contributed by atoms with Crippen molar-refractivity contribution in [1.29, 1.82) is 0 Å². The lowest BCUT2D eigenvalue weighted by atomic mass is 9.95. The molecule has 8 nitrogen and oxygen atoms in total. The number of fused-ring (bicyclic) bond motifs is 1. The third-order valence-corrected chi connectivity index (χ3v) is 12.0. The zero-order valence-corrected chi connectivity index (χ0v) is 22.9. The normalized spacial score (nSPS) is 34.7. The van der Waals surface area contributed by atoms with Crippen LogP contribution in [0, 0.1) is 0 Å². The van der Waals surface area contributed by atoms with Crippen LogP contribution in [0.1, 0.15) is 40.2 Å². The van der Waals surface area contributed by atoms with E-state index in [1.807, 2.05) is 30.3 Å². The number of hydrogen-bond donors (Lipinski definition) is 0. The SMILES string of the molecule is CO[C@@]1(C)O[C@H]2[C@H](O[C@]1(C)OC)C(=O)C(OCc1ccccc1)O[C@@H]2CO[Si](C)(C)C(C)(C)C. The fourth-order valence-electron chi connectivity index (χ4n) is 3.75. The van der Waals surface area contributed by atoms with E-state index in [0.29, 0.717) is 0 Å². The molecular weight excluding hydrogens is 456 g/mol. The van der Waals surface area contributed by atoms with Gasteiger partial charge >= 0.3 is 0 Å². The molecule has 0 saturated carbocycles. The van der Waals surface area contributed by atoms with Crippen molar-refractivity contribution >= 4 is 14.1 Å². The van der Waals surface area contributed by atoms with Crippen molar-refractivity contribution in [2.24, 2.45) is 0 Å². The van der Waals surface area contributed by atoms with Crippen molar-refractivity contribution in [3.05, 3.63) is 35.9 Å². The first-order valence-corrected chi connectivity index (χ1v) is 14.6. The van der Waals surface area contributed by atoms with Gasteiger partial charge in [-0.3, -0.25) is 4.79 Å². The minimum Gasteiger partial charge on any atom is -0.414 e. The summed E-state index contributed by atoms with van der Waals surface area (Å²) >= 11 is 0. The number of methoxy groups -OCH3 is 2. The molecule has 0 aromatic heterocycles. The second-order valence-electron chi connectivity index (χ2n) is 10.7. The summed E-state index contributed by atoms with van der Waals surface area (Å²) in [6.07, 6.45) is -3.43. The largest absolute Gasteiger partial charge is 0.414 e. The predicted molar refractivity (Wildman–Crippen MR) is 129 cm³/mol. The Morgan fingerprint density at radius 3 is 2.15 bits per heavy atom. The van der Waals surface area contributed by atoms with Crippen LogP contribution in [0.4, 0.5) is 0 Å². The van der Waals surface area contributed by atoms with E-state index >= 15 is 0 Å². The molecule has 0 amide bonds. The molecule has 3 rings (SSSR count). The van der Waals surface area contributed by atoms with E-state index in [1.54, 1.807) is 13.8 Å². The zero-order chi connectivity index (χ0) is 25.4. The number of Topliss-reactive ketones (excluding diaryl/α,β-unsaturated/α-hetero) is 1. The Labute approximate surface area is 204 Å². The van der Waals surface area contributed by atoms with Gasteiger partial charge < -0.3 is 32.8 Å². The maximum absolute atomic E-state index is 13.4. The fraction of sp³-hybridized carbons (Fsp3) is 0.720. The Bertz CT molecular complexity index is 841. The summed E-state index contributed by atoms with van der Waals surface area (Å²) in [6, 6.07) is 9.63. The van der Waals surface area contributed by atoms with Gasteiger partial charge in [-0.2, -0.15) is 0 Å². The number of ether oxygens (including phenoxy) is 6. The van der Waals surface area contributed by atoms with Crippen molar-refractivity contribution in [3.63, 3.8) is 0 Å². The third-order valence-electron chi connectivity index (χ3n) is 7.45. The summed E-state index contributed by atoms with van der Waals surface area (Å²) < 4.78 is 42.4. The van der Waals surface area contributed by atoms with Crippen LogP contribution in [0.3, 0.4) is 0 Å². The van der Waals surface area contributed by atoms with Crippen molar-refractivity contribution in [3.8, 4) is 0 Å². The van der Waals surface area contributed by atoms with E-state index in [9.17, 15) is 4.79 Å². The van der Waals surface area contributed by atoms with Crippen LogP contribution in [0.25, 0.3) is 0 Å². The first-order valence-electron chi connectivity index (χ1n) is 11.7. The maximum Gasteiger partial charge on any atom is 0.221 e.